The van der Waals surface area contributed by atoms with Crippen molar-refractivity contribution in [3.8, 4) is 0 Å². The summed E-state index contributed by atoms with van der Waals surface area (Å²) in [6.07, 6.45) is 0.668. The highest BCUT2D eigenvalue weighted by Crippen LogP contribution is 2.23. The predicted octanol–water partition coefficient (Wildman–Crippen LogP) is 3.93. The summed E-state index contributed by atoms with van der Waals surface area (Å²) in [6.45, 7) is 1.99. The van der Waals surface area contributed by atoms with E-state index < -0.39 is 0 Å². The van der Waals surface area contributed by atoms with Crippen molar-refractivity contribution in [2.75, 3.05) is 26.2 Å². The van der Waals surface area contributed by atoms with Crippen LogP contribution in [0.5, 0.6) is 0 Å². The normalized spacial score (nSPS) is 14.2. The summed E-state index contributed by atoms with van der Waals surface area (Å²) in [5.41, 5.74) is 0.917. The van der Waals surface area contributed by atoms with E-state index in [1.54, 1.807) is 34.1 Å². The second-order valence-corrected chi connectivity index (χ2v) is 8.74. The minimum absolute atomic E-state index is 0.0409. The number of thiophene rings is 1. The molecule has 0 bridgehead atoms. The lowest BCUT2D eigenvalue weighted by molar-refractivity contribution is -0.139. The van der Waals surface area contributed by atoms with Gasteiger partial charge in [-0.3, -0.25) is 14.4 Å². The second kappa shape index (κ2) is 9.54. The molecular formula is C20H20Cl2N2O3S. The molecule has 2 amide bonds. The van der Waals surface area contributed by atoms with Gasteiger partial charge in [0, 0.05) is 44.0 Å². The van der Waals surface area contributed by atoms with Crippen LogP contribution in [0.3, 0.4) is 0 Å². The van der Waals surface area contributed by atoms with E-state index in [1.165, 1.54) is 11.3 Å². The lowest BCUT2D eigenvalue weighted by atomic mass is 10.1. The highest BCUT2D eigenvalue weighted by atomic mass is 35.5. The first-order chi connectivity index (χ1) is 13.4. The lowest BCUT2D eigenvalue weighted by Gasteiger charge is -2.35. The maximum absolute atomic E-state index is 12.4. The number of halogens is 2. The first-order valence-corrected chi connectivity index (χ1v) is 10.6. The number of hydrogen-bond donors (Lipinski definition) is 0. The number of nitrogens with zero attached hydrogens (tertiary/aromatic N) is 2. The minimum Gasteiger partial charge on any atom is -0.339 e. The summed E-state index contributed by atoms with van der Waals surface area (Å²) >= 11 is 12.9. The molecule has 2 heterocycles. The molecule has 0 saturated carbocycles. The second-order valence-electron chi connectivity index (χ2n) is 6.59. The maximum atomic E-state index is 12.4. The SMILES string of the molecule is O=C(CCC(=O)N1CCN(C(=O)Cc2ccc(Cl)cc2)CC1)c1ccc(Cl)s1. The lowest BCUT2D eigenvalue weighted by Crippen LogP contribution is -2.51. The van der Waals surface area contributed by atoms with Crippen molar-refractivity contribution in [2.24, 2.45) is 0 Å². The van der Waals surface area contributed by atoms with Gasteiger partial charge in [0.2, 0.25) is 11.8 Å². The summed E-state index contributed by atoms with van der Waals surface area (Å²) < 4.78 is 0.564. The molecular weight excluding hydrogens is 419 g/mol. The average molecular weight is 439 g/mol. The van der Waals surface area contributed by atoms with Gasteiger partial charge in [0.05, 0.1) is 15.6 Å². The molecule has 1 aliphatic heterocycles. The molecule has 1 aromatic carbocycles. The number of carbonyl (C=O) groups excluding carboxylic acids is 3. The highest BCUT2D eigenvalue weighted by Gasteiger charge is 2.24. The van der Waals surface area contributed by atoms with Crippen molar-refractivity contribution in [3.05, 3.63) is 56.2 Å². The van der Waals surface area contributed by atoms with Gasteiger partial charge in [0.1, 0.15) is 0 Å². The topological polar surface area (TPSA) is 57.7 Å². The summed E-state index contributed by atoms with van der Waals surface area (Å²) in [5, 5.41) is 0.643. The molecule has 0 unspecified atom stereocenters. The van der Waals surface area contributed by atoms with E-state index in [9.17, 15) is 14.4 Å². The van der Waals surface area contributed by atoms with Gasteiger partial charge in [-0.2, -0.15) is 0 Å². The van der Waals surface area contributed by atoms with Crippen LogP contribution in [0, 0.1) is 0 Å². The molecule has 1 aromatic heterocycles. The quantitative estimate of drug-likeness (QED) is 0.641. The molecule has 8 heteroatoms. The van der Waals surface area contributed by atoms with Crippen LogP contribution in [0.1, 0.15) is 28.1 Å². The molecule has 0 radical (unpaired) electrons. The summed E-state index contributed by atoms with van der Waals surface area (Å²) in [5.74, 6) is -0.0815. The van der Waals surface area contributed by atoms with Crippen LogP contribution in [0.25, 0.3) is 0 Å². The molecule has 1 fully saturated rings. The zero-order valence-electron chi connectivity index (χ0n) is 15.2. The minimum atomic E-state index is -0.0676. The Morgan fingerprint density at radius 2 is 1.43 bits per heavy atom. The number of ketones is 1. The van der Waals surface area contributed by atoms with Crippen LogP contribution in [-0.4, -0.2) is 53.6 Å². The summed E-state index contributed by atoms with van der Waals surface area (Å²) in [6, 6.07) is 10.6. The summed E-state index contributed by atoms with van der Waals surface area (Å²) in [4.78, 5) is 41.0. The zero-order chi connectivity index (χ0) is 20.1. The van der Waals surface area contributed by atoms with Gasteiger partial charge in [-0.1, -0.05) is 35.3 Å². The number of amides is 2. The Balaban J connectivity index is 1.42. The van der Waals surface area contributed by atoms with E-state index in [2.05, 4.69) is 0 Å². The van der Waals surface area contributed by atoms with Gasteiger partial charge >= 0.3 is 0 Å². The molecule has 0 aliphatic carbocycles. The third kappa shape index (κ3) is 5.56. The van der Waals surface area contributed by atoms with Crippen LogP contribution in [-0.2, 0) is 16.0 Å². The molecule has 0 atom stereocenters. The van der Waals surface area contributed by atoms with E-state index >= 15 is 0 Å². The molecule has 2 aromatic rings. The van der Waals surface area contributed by atoms with E-state index in [0.29, 0.717) is 46.8 Å². The third-order valence-electron chi connectivity index (χ3n) is 4.67. The zero-order valence-corrected chi connectivity index (χ0v) is 17.5. The van der Waals surface area contributed by atoms with E-state index in [0.717, 1.165) is 5.56 Å². The Kier molecular flexibility index (Phi) is 7.10. The monoisotopic (exact) mass is 438 g/mol. The standard InChI is InChI=1S/C20H20Cl2N2O3S/c21-15-3-1-14(2-4-15)13-20(27)24-11-9-23(10-12-24)19(26)8-5-16(25)17-6-7-18(22)28-17/h1-4,6-7H,5,8-13H2. The van der Waals surface area contributed by atoms with Crippen molar-refractivity contribution < 1.29 is 14.4 Å². The Morgan fingerprint density at radius 3 is 2.00 bits per heavy atom. The van der Waals surface area contributed by atoms with Crippen molar-refractivity contribution in [2.45, 2.75) is 19.3 Å². The first-order valence-electron chi connectivity index (χ1n) is 9.01. The van der Waals surface area contributed by atoms with Crippen molar-refractivity contribution >= 4 is 52.1 Å². The molecule has 1 saturated heterocycles. The Labute approximate surface area is 177 Å². The van der Waals surface area contributed by atoms with E-state index in [4.69, 9.17) is 23.2 Å². The molecule has 0 N–H and O–H groups in total. The Bertz CT molecular complexity index is 859. The predicted molar refractivity (Wildman–Crippen MR) is 111 cm³/mol. The fraction of sp³-hybridized carbons (Fsp3) is 0.350. The summed E-state index contributed by atoms with van der Waals surface area (Å²) in [7, 11) is 0. The van der Waals surface area contributed by atoms with Gasteiger partial charge < -0.3 is 9.80 Å². The molecule has 0 spiro atoms. The van der Waals surface area contributed by atoms with Gasteiger partial charge in [-0.25, -0.2) is 0 Å². The third-order valence-corrected chi connectivity index (χ3v) is 6.19. The fourth-order valence-electron chi connectivity index (χ4n) is 3.06. The molecule has 28 heavy (non-hydrogen) atoms. The number of carbonyl (C=O) groups is 3. The molecule has 148 valence electrons. The smallest absolute Gasteiger partial charge is 0.227 e. The molecule has 3 rings (SSSR count). The number of rotatable bonds is 6. The van der Waals surface area contributed by atoms with Gasteiger partial charge in [0.15, 0.2) is 5.78 Å². The molecule has 5 nitrogen and oxygen atoms in total. The number of benzene rings is 1. The first kappa shape index (κ1) is 20.8. The highest BCUT2D eigenvalue weighted by molar-refractivity contribution is 7.18. The molecule has 1 aliphatic rings. The Morgan fingerprint density at radius 1 is 0.821 bits per heavy atom. The van der Waals surface area contributed by atoms with Crippen LogP contribution < -0.4 is 0 Å². The number of Topliss-reactive ketones (excluding diaryl/α,β-unsaturated/α-hetero) is 1. The number of hydrogen-bond acceptors (Lipinski definition) is 4. The largest absolute Gasteiger partial charge is 0.339 e. The van der Waals surface area contributed by atoms with Gasteiger partial charge in [-0.15, -0.1) is 11.3 Å². The van der Waals surface area contributed by atoms with Gasteiger partial charge in [0.25, 0.3) is 0 Å². The van der Waals surface area contributed by atoms with Crippen LogP contribution in [0.15, 0.2) is 36.4 Å². The van der Waals surface area contributed by atoms with E-state index in [-0.39, 0.29) is 30.4 Å². The van der Waals surface area contributed by atoms with Gasteiger partial charge in [-0.05, 0) is 29.8 Å². The van der Waals surface area contributed by atoms with E-state index in [1.807, 2.05) is 12.1 Å². The average Bonchev–Trinajstić information content (AvgIpc) is 3.14. The fourth-order valence-corrected chi connectivity index (χ4v) is 4.20. The maximum Gasteiger partial charge on any atom is 0.227 e. The van der Waals surface area contributed by atoms with Crippen molar-refractivity contribution in [3.63, 3.8) is 0 Å². The number of piperazine rings is 1. The van der Waals surface area contributed by atoms with Crippen LogP contribution in [0.2, 0.25) is 9.36 Å². The van der Waals surface area contributed by atoms with Crippen molar-refractivity contribution in [1.29, 1.82) is 0 Å². The Hall–Kier alpha value is -1.89. The van der Waals surface area contributed by atoms with Crippen LogP contribution in [0.4, 0.5) is 0 Å². The van der Waals surface area contributed by atoms with Crippen LogP contribution >= 0.6 is 34.5 Å². The van der Waals surface area contributed by atoms with Crippen molar-refractivity contribution in [1.82, 2.24) is 9.80 Å².